The molecular weight excluding hydrogens is 477 g/mol. The summed E-state index contributed by atoms with van der Waals surface area (Å²) in [6, 6.07) is 40.6. The molecule has 0 bridgehead atoms. The highest BCUT2D eigenvalue weighted by Gasteiger charge is 2.34. The average molecular weight is 500 g/mol. The topological polar surface area (TPSA) is 66.7 Å². The molecule has 6 aromatic carbocycles. The SMILES string of the molecule is O=Nc1ccc2ccccc2c1-c1c(O)c(=P(c2ccccc2)(c2ccccc2)c2ccccc2)c1=O. The highest BCUT2D eigenvalue weighted by molar-refractivity contribution is 7.89. The highest BCUT2D eigenvalue weighted by Crippen LogP contribution is 2.53. The van der Waals surface area contributed by atoms with Gasteiger partial charge in [-0.25, -0.2) is 0 Å². The summed E-state index contributed by atoms with van der Waals surface area (Å²) in [5.74, 6) is -0.0730. The molecule has 4 nitrogen and oxygen atoms in total. The molecule has 0 unspecified atom stereocenters. The number of benzene rings is 5. The van der Waals surface area contributed by atoms with Crippen LogP contribution in [0.15, 0.2) is 137 Å². The Balaban J connectivity index is 1.85. The van der Waals surface area contributed by atoms with Gasteiger partial charge in [-0.05, 0) is 44.8 Å². The summed E-state index contributed by atoms with van der Waals surface area (Å²) in [4.78, 5) is 26.5. The number of aromatic hydroxyl groups is 1. The van der Waals surface area contributed by atoms with E-state index in [2.05, 4.69) is 5.18 Å². The minimum atomic E-state index is -2.76. The van der Waals surface area contributed by atoms with E-state index in [1.807, 2.05) is 115 Å². The van der Waals surface area contributed by atoms with Crippen molar-refractivity contribution in [1.82, 2.24) is 0 Å². The number of hydrogen-bond donors (Lipinski definition) is 1. The van der Waals surface area contributed by atoms with Gasteiger partial charge >= 0.3 is 0 Å². The van der Waals surface area contributed by atoms with Gasteiger partial charge in [0.1, 0.15) is 11.4 Å². The molecule has 0 aromatic heterocycles. The fourth-order valence-electron chi connectivity index (χ4n) is 5.32. The van der Waals surface area contributed by atoms with Crippen LogP contribution in [0.4, 0.5) is 5.69 Å². The molecule has 0 atom stereocenters. The van der Waals surface area contributed by atoms with Crippen LogP contribution in [0.25, 0.3) is 21.9 Å². The molecule has 5 heteroatoms. The third-order valence-corrected chi connectivity index (χ3v) is 11.2. The van der Waals surface area contributed by atoms with Gasteiger partial charge in [0, 0.05) is 5.56 Å². The van der Waals surface area contributed by atoms with Gasteiger partial charge in [0.05, 0.1) is 10.5 Å². The zero-order valence-corrected chi connectivity index (χ0v) is 20.7. The van der Waals surface area contributed by atoms with Crippen LogP contribution < -0.4 is 21.3 Å². The molecule has 0 aliphatic rings. The summed E-state index contributed by atoms with van der Waals surface area (Å²) in [6.45, 7) is -2.76. The summed E-state index contributed by atoms with van der Waals surface area (Å²) < 4.78 is 0. The van der Waals surface area contributed by atoms with Gasteiger partial charge in [-0.15, -0.1) is 4.91 Å². The number of nitrogens with zero attached hydrogens (tertiary/aromatic N) is 1. The summed E-state index contributed by atoms with van der Waals surface area (Å²) in [5, 5.41) is 19.5. The van der Waals surface area contributed by atoms with Crippen LogP contribution >= 0.6 is 6.89 Å². The van der Waals surface area contributed by atoms with Crippen molar-refractivity contribution in [1.29, 1.82) is 0 Å². The van der Waals surface area contributed by atoms with Crippen molar-refractivity contribution < 1.29 is 5.11 Å². The lowest BCUT2D eigenvalue weighted by Gasteiger charge is -2.30. The molecule has 0 aliphatic heterocycles. The quantitative estimate of drug-likeness (QED) is 0.221. The lowest BCUT2D eigenvalue weighted by molar-refractivity contribution is 0.469. The van der Waals surface area contributed by atoms with E-state index >= 15 is 0 Å². The van der Waals surface area contributed by atoms with E-state index in [1.54, 1.807) is 12.1 Å². The average Bonchev–Trinajstić information content (AvgIpc) is 2.97. The second-order valence-electron chi connectivity index (χ2n) is 8.85. The number of rotatable bonds is 5. The van der Waals surface area contributed by atoms with Gasteiger partial charge in [0.25, 0.3) is 0 Å². The van der Waals surface area contributed by atoms with Gasteiger partial charge in [-0.1, -0.05) is 121 Å². The standard InChI is InChI=1S/C32H22NO3P/c34-30-29(28-26-19-11-10-12-22(26)20-21-27(28)33-36)31(35)32(30)37(23-13-4-1-5-14-23,24-15-6-2-7-16-24)25-17-8-3-9-18-25/h1-21,34H. The first kappa shape index (κ1) is 22.9. The van der Waals surface area contributed by atoms with E-state index in [9.17, 15) is 14.8 Å². The van der Waals surface area contributed by atoms with E-state index in [1.165, 1.54) is 0 Å². The number of fused-ring (bicyclic) bond motifs is 1. The first-order valence-electron chi connectivity index (χ1n) is 11.9. The molecule has 0 heterocycles. The molecule has 6 rings (SSSR count). The van der Waals surface area contributed by atoms with Crippen LogP contribution in [0, 0.1) is 9.85 Å². The van der Waals surface area contributed by atoms with Crippen molar-refractivity contribution in [2.45, 2.75) is 0 Å². The normalized spacial score (nSPS) is 11.6. The molecule has 0 fully saturated rings. The van der Waals surface area contributed by atoms with Crippen molar-refractivity contribution in [3.8, 4) is 16.9 Å². The minimum Gasteiger partial charge on any atom is -0.506 e. The summed E-state index contributed by atoms with van der Waals surface area (Å²) >= 11 is 0. The maximum atomic E-state index is 14.3. The van der Waals surface area contributed by atoms with Gasteiger partial charge in [-0.3, -0.25) is 4.79 Å². The molecule has 0 radical (unpaired) electrons. The monoisotopic (exact) mass is 499 g/mol. The molecule has 6 aromatic rings. The van der Waals surface area contributed by atoms with Crippen LogP contribution in [0.5, 0.6) is 5.75 Å². The largest absolute Gasteiger partial charge is 0.506 e. The van der Waals surface area contributed by atoms with Gasteiger partial charge < -0.3 is 5.11 Å². The lowest BCUT2D eigenvalue weighted by Crippen LogP contribution is -2.30. The molecule has 0 saturated heterocycles. The maximum Gasteiger partial charge on any atom is 0.202 e. The van der Waals surface area contributed by atoms with Crippen molar-refractivity contribution in [2.24, 2.45) is 5.18 Å². The number of nitroso groups, excluding NO2 is 1. The van der Waals surface area contributed by atoms with Crippen molar-refractivity contribution in [2.75, 3.05) is 0 Å². The Labute approximate surface area is 213 Å². The Morgan fingerprint density at radius 1 is 0.568 bits per heavy atom. The van der Waals surface area contributed by atoms with E-state index in [0.29, 0.717) is 15.9 Å². The Morgan fingerprint density at radius 2 is 1.05 bits per heavy atom. The van der Waals surface area contributed by atoms with Crippen molar-refractivity contribution in [3.63, 3.8) is 0 Å². The zero-order chi connectivity index (χ0) is 25.4. The summed E-state index contributed by atoms with van der Waals surface area (Å²) in [6.07, 6.45) is 0. The molecule has 178 valence electrons. The Bertz CT molecular complexity index is 1770. The fraction of sp³-hybridized carbons (Fsp3) is 0. The Hall–Kier alpha value is -4.53. The van der Waals surface area contributed by atoms with Crippen LogP contribution in [0.2, 0.25) is 0 Å². The molecule has 0 aliphatic carbocycles. The molecule has 0 spiro atoms. The summed E-state index contributed by atoms with van der Waals surface area (Å²) in [5.41, 5.74) is 0.402. The molecular formula is C32H22NO3P. The first-order valence-corrected chi connectivity index (χ1v) is 13.7. The summed E-state index contributed by atoms with van der Waals surface area (Å²) in [7, 11) is 0. The highest BCUT2D eigenvalue weighted by atomic mass is 31.2. The van der Waals surface area contributed by atoms with E-state index in [-0.39, 0.29) is 22.4 Å². The maximum absolute atomic E-state index is 14.3. The van der Waals surface area contributed by atoms with Gasteiger partial charge in [0.15, 0.2) is 0 Å². The zero-order valence-electron chi connectivity index (χ0n) is 19.8. The van der Waals surface area contributed by atoms with Crippen LogP contribution in [0.3, 0.4) is 0 Å². The molecule has 1 N–H and O–H groups in total. The lowest BCUT2D eigenvalue weighted by atomic mass is 9.93. The Morgan fingerprint density at radius 3 is 1.54 bits per heavy atom. The first-order chi connectivity index (χ1) is 18.2. The van der Waals surface area contributed by atoms with E-state index in [0.717, 1.165) is 21.3 Å². The molecule has 0 amide bonds. The second-order valence-corrected chi connectivity index (χ2v) is 12.2. The third kappa shape index (κ3) is 3.41. The van der Waals surface area contributed by atoms with Crippen LogP contribution in [0.1, 0.15) is 0 Å². The van der Waals surface area contributed by atoms with Crippen LogP contribution in [-0.2, 0) is 0 Å². The van der Waals surface area contributed by atoms with Crippen LogP contribution in [-0.4, -0.2) is 5.11 Å². The molecule has 37 heavy (non-hydrogen) atoms. The number of hydrogen-bond acceptors (Lipinski definition) is 4. The van der Waals surface area contributed by atoms with Gasteiger partial charge in [0.2, 0.25) is 5.43 Å². The minimum absolute atomic E-state index is 0.0730. The van der Waals surface area contributed by atoms with E-state index in [4.69, 9.17) is 0 Å². The predicted molar refractivity (Wildman–Crippen MR) is 154 cm³/mol. The van der Waals surface area contributed by atoms with Gasteiger partial charge in [-0.2, -0.15) is 0 Å². The van der Waals surface area contributed by atoms with Crippen molar-refractivity contribution >= 4 is 39.3 Å². The van der Waals surface area contributed by atoms with E-state index < -0.39 is 6.89 Å². The fourth-order valence-corrected chi connectivity index (χ4v) is 9.69. The second kappa shape index (κ2) is 9.16. The Kier molecular flexibility index (Phi) is 5.67. The smallest absolute Gasteiger partial charge is 0.202 e. The van der Waals surface area contributed by atoms with Crippen molar-refractivity contribution in [3.05, 3.63) is 147 Å². The molecule has 0 saturated carbocycles. The third-order valence-electron chi connectivity index (χ3n) is 6.92. The predicted octanol–water partition coefficient (Wildman–Crippen LogP) is 6.37.